The molecule has 0 fully saturated rings. The zero-order chi connectivity index (χ0) is 18.4. The summed E-state index contributed by atoms with van der Waals surface area (Å²) in [6, 6.07) is 14.0. The van der Waals surface area contributed by atoms with Gasteiger partial charge in [0, 0.05) is 24.5 Å². The van der Waals surface area contributed by atoms with Crippen molar-refractivity contribution in [3.05, 3.63) is 60.4 Å². The van der Waals surface area contributed by atoms with Gasteiger partial charge in [0.1, 0.15) is 0 Å². The molecule has 1 atom stereocenters. The molecule has 134 valence electrons. The molecular formula is C19H21N5OS. The van der Waals surface area contributed by atoms with E-state index in [1.54, 1.807) is 12.4 Å². The quantitative estimate of drug-likeness (QED) is 0.650. The Bertz CT molecular complexity index is 851. The van der Waals surface area contributed by atoms with E-state index in [0.29, 0.717) is 18.2 Å². The first-order chi connectivity index (χ1) is 12.7. The summed E-state index contributed by atoms with van der Waals surface area (Å²) in [5.74, 6) is 0.738. The number of pyridine rings is 1. The summed E-state index contributed by atoms with van der Waals surface area (Å²) in [4.78, 5) is 16.3. The van der Waals surface area contributed by atoms with E-state index in [1.165, 1.54) is 11.8 Å². The molecule has 2 aromatic heterocycles. The van der Waals surface area contributed by atoms with Crippen molar-refractivity contribution in [2.24, 2.45) is 0 Å². The molecule has 3 aromatic rings. The van der Waals surface area contributed by atoms with Gasteiger partial charge in [-0.25, -0.2) is 0 Å². The summed E-state index contributed by atoms with van der Waals surface area (Å²) in [6.07, 6.45) is 3.50. The molecule has 0 radical (unpaired) electrons. The lowest BCUT2D eigenvalue weighted by Crippen LogP contribution is -2.30. The summed E-state index contributed by atoms with van der Waals surface area (Å²) < 4.78 is 2.03. The van der Waals surface area contributed by atoms with Gasteiger partial charge in [-0.3, -0.25) is 14.3 Å². The van der Waals surface area contributed by atoms with Crippen LogP contribution in [0.2, 0.25) is 0 Å². The number of hydrogen-bond acceptors (Lipinski definition) is 5. The second-order valence-corrected chi connectivity index (χ2v) is 7.08. The Balaban J connectivity index is 1.94. The first-order valence-corrected chi connectivity index (χ1v) is 9.39. The SMILES string of the molecule is CCNC(=O)[C@H](C)Sc1nnc(-c2cccnc2)n1Cc1ccccc1. The van der Waals surface area contributed by atoms with Gasteiger partial charge < -0.3 is 5.32 Å². The monoisotopic (exact) mass is 367 g/mol. The maximum absolute atomic E-state index is 12.1. The molecule has 0 bridgehead atoms. The van der Waals surface area contributed by atoms with Crippen LogP contribution in [-0.2, 0) is 11.3 Å². The van der Waals surface area contributed by atoms with Crippen LogP contribution in [0.15, 0.2) is 60.0 Å². The van der Waals surface area contributed by atoms with E-state index >= 15 is 0 Å². The van der Waals surface area contributed by atoms with E-state index in [1.807, 2.05) is 48.7 Å². The van der Waals surface area contributed by atoms with Gasteiger partial charge in [-0.2, -0.15) is 0 Å². The highest BCUT2D eigenvalue weighted by molar-refractivity contribution is 8.00. The molecule has 6 nitrogen and oxygen atoms in total. The van der Waals surface area contributed by atoms with Gasteiger partial charge in [0.2, 0.25) is 5.91 Å². The number of nitrogens with one attached hydrogen (secondary N) is 1. The average molecular weight is 367 g/mol. The van der Waals surface area contributed by atoms with Crippen molar-refractivity contribution in [1.29, 1.82) is 0 Å². The van der Waals surface area contributed by atoms with E-state index in [2.05, 4.69) is 32.6 Å². The minimum absolute atomic E-state index is 0.00492. The molecule has 0 aliphatic rings. The number of rotatable bonds is 7. The van der Waals surface area contributed by atoms with E-state index in [0.717, 1.165) is 17.0 Å². The minimum Gasteiger partial charge on any atom is -0.355 e. The molecule has 1 aromatic carbocycles. The number of amides is 1. The molecule has 0 spiro atoms. The topological polar surface area (TPSA) is 72.7 Å². The first kappa shape index (κ1) is 18.1. The van der Waals surface area contributed by atoms with Crippen molar-refractivity contribution in [3.8, 4) is 11.4 Å². The van der Waals surface area contributed by atoms with E-state index in [4.69, 9.17) is 0 Å². The fraction of sp³-hybridized carbons (Fsp3) is 0.263. The van der Waals surface area contributed by atoms with Gasteiger partial charge in [0.15, 0.2) is 11.0 Å². The zero-order valence-electron chi connectivity index (χ0n) is 14.8. The van der Waals surface area contributed by atoms with E-state index in [-0.39, 0.29) is 11.2 Å². The summed E-state index contributed by atoms with van der Waals surface area (Å²) >= 11 is 1.41. The molecule has 26 heavy (non-hydrogen) atoms. The number of carbonyl (C=O) groups is 1. The van der Waals surface area contributed by atoms with Crippen LogP contribution in [0.25, 0.3) is 11.4 Å². The predicted molar refractivity (Wildman–Crippen MR) is 103 cm³/mol. The average Bonchev–Trinajstić information content (AvgIpc) is 3.05. The van der Waals surface area contributed by atoms with Crippen LogP contribution < -0.4 is 5.32 Å². The maximum Gasteiger partial charge on any atom is 0.233 e. The number of thioether (sulfide) groups is 1. The van der Waals surface area contributed by atoms with Crippen molar-refractivity contribution < 1.29 is 4.79 Å². The molecule has 0 saturated heterocycles. The Morgan fingerprint density at radius 1 is 1.19 bits per heavy atom. The molecule has 0 aliphatic heterocycles. The van der Waals surface area contributed by atoms with Gasteiger partial charge >= 0.3 is 0 Å². The Labute approximate surface area is 157 Å². The Kier molecular flexibility index (Phi) is 6.01. The summed E-state index contributed by atoms with van der Waals surface area (Å²) in [6.45, 7) is 5.03. The number of aromatic nitrogens is 4. The van der Waals surface area contributed by atoms with Gasteiger partial charge in [-0.1, -0.05) is 42.1 Å². The van der Waals surface area contributed by atoms with Crippen LogP contribution in [0.4, 0.5) is 0 Å². The second-order valence-electron chi connectivity index (χ2n) is 5.77. The number of carbonyl (C=O) groups excluding carboxylic acids is 1. The molecule has 3 rings (SSSR count). The molecule has 0 unspecified atom stereocenters. The molecule has 1 N–H and O–H groups in total. The summed E-state index contributed by atoms with van der Waals surface area (Å²) in [7, 11) is 0. The Morgan fingerprint density at radius 2 is 2.00 bits per heavy atom. The first-order valence-electron chi connectivity index (χ1n) is 8.51. The molecule has 0 saturated carbocycles. The third-order valence-corrected chi connectivity index (χ3v) is 4.90. The number of benzene rings is 1. The van der Waals surface area contributed by atoms with Crippen LogP contribution >= 0.6 is 11.8 Å². The number of hydrogen-bond donors (Lipinski definition) is 1. The Morgan fingerprint density at radius 3 is 2.69 bits per heavy atom. The van der Waals surface area contributed by atoms with Crippen molar-refractivity contribution >= 4 is 17.7 Å². The molecule has 2 heterocycles. The van der Waals surface area contributed by atoms with Gasteiger partial charge in [-0.05, 0) is 31.5 Å². The summed E-state index contributed by atoms with van der Waals surface area (Å²) in [5, 5.41) is 12.0. The van der Waals surface area contributed by atoms with Crippen LogP contribution in [0.1, 0.15) is 19.4 Å². The van der Waals surface area contributed by atoms with Crippen molar-refractivity contribution in [2.75, 3.05) is 6.54 Å². The van der Waals surface area contributed by atoms with Gasteiger partial charge in [0.25, 0.3) is 0 Å². The van der Waals surface area contributed by atoms with Crippen LogP contribution in [0.5, 0.6) is 0 Å². The summed E-state index contributed by atoms with van der Waals surface area (Å²) in [5.41, 5.74) is 2.04. The van der Waals surface area contributed by atoms with Crippen LogP contribution in [0, 0.1) is 0 Å². The van der Waals surface area contributed by atoms with Gasteiger partial charge in [-0.15, -0.1) is 10.2 Å². The zero-order valence-corrected chi connectivity index (χ0v) is 15.6. The van der Waals surface area contributed by atoms with Crippen molar-refractivity contribution in [1.82, 2.24) is 25.1 Å². The molecule has 1 amide bonds. The molecule has 7 heteroatoms. The molecular weight excluding hydrogens is 346 g/mol. The fourth-order valence-electron chi connectivity index (χ4n) is 2.52. The standard InChI is InChI=1S/C19H21N5OS/c1-3-21-18(25)14(2)26-19-23-22-17(16-10-7-11-20-12-16)24(19)13-15-8-5-4-6-9-15/h4-12,14H,3,13H2,1-2H3,(H,21,25)/t14-/m0/s1. The van der Waals surface area contributed by atoms with E-state index in [9.17, 15) is 4.79 Å². The predicted octanol–water partition coefficient (Wildman–Crippen LogP) is 3.01. The third kappa shape index (κ3) is 4.29. The van der Waals surface area contributed by atoms with Crippen LogP contribution in [0.3, 0.4) is 0 Å². The highest BCUT2D eigenvalue weighted by Crippen LogP contribution is 2.27. The highest BCUT2D eigenvalue weighted by atomic mass is 32.2. The second kappa shape index (κ2) is 8.62. The minimum atomic E-state index is -0.254. The largest absolute Gasteiger partial charge is 0.355 e. The maximum atomic E-state index is 12.1. The van der Waals surface area contributed by atoms with Crippen molar-refractivity contribution in [3.63, 3.8) is 0 Å². The van der Waals surface area contributed by atoms with Crippen molar-refractivity contribution in [2.45, 2.75) is 30.8 Å². The van der Waals surface area contributed by atoms with E-state index < -0.39 is 0 Å². The lowest BCUT2D eigenvalue weighted by molar-refractivity contribution is -0.120. The lowest BCUT2D eigenvalue weighted by atomic mass is 10.2. The third-order valence-electron chi connectivity index (χ3n) is 3.82. The van der Waals surface area contributed by atoms with Crippen LogP contribution in [-0.4, -0.2) is 37.5 Å². The normalized spacial score (nSPS) is 11.9. The Hall–Kier alpha value is -2.67. The highest BCUT2D eigenvalue weighted by Gasteiger charge is 2.20. The smallest absolute Gasteiger partial charge is 0.233 e. The molecule has 0 aliphatic carbocycles. The number of nitrogens with zero attached hydrogens (tertiary/aromatic N) is 4. The fourth-order valence-corrected chi connectivity index (χ4v) is 3.40. The lowest BCUT2D eigenvalue weighted by Gasteiger charge is -2.13. The van der Waals surface area contributed by atoms with Gasteiger partial charge in [0.05, 0.1) is 11.8 Å².